The molecule has 3 aromatic rings. The molecule has 1 fully saturated rings. The van der Waals surface area contributed by atoms with E-state index in [0.29, 0.717) is 11.7 Å². The van der Waals surface area contributed by atoms with E-state index in [1.54, 1.807) is 11.0 Å². The number of halogens is 1. The van der Waals surface area contributed by atoms with Gasteiger partial charge in [-0.25, -0.2) is 9.78 Å². The molecule has 0 unspecified atom stereocenters. The van der Waals surface area contributed by atoms with Gasteiger partial charge in [-0.3, -0.25) is 4.90 Å². The molecule has 1 aromatic carbocycles. The Morgan fingerprint density at radius 1 is 1.25 bits per heavy atom. The van der Waals surface area contributed by atoms with Crippen molar-refractivity contribution in [2.24, 2.45) is 0 Å². The van der Waals surface area contributed by atoms with E-state index in [0.717, 1.165) is 41.0 Å². The fourth-order valence-corrected chi connectivity index (χ4v) is 3.50. The molecule has 28 heavy (non-hydrogen) atoms. The molecule has 146 valence electrons. The molecule has 0 saturated carbocycles. The summed E-state index contributed by atoms with van der Waals surface area (Å²) in [6.45, 7) is 6.29. The Labute approximate surface area is 168 Å². The molecule has 0 radical (unpaired) electrons. The third kappa shape index (κ3) is 3.80. The van der Waals surface area contributed by atoms with Crippen LogP contribution in [-0.4, -0.2) is 43.3 Å². The van der Waals surface area contributed by atoms with Gasteiger partial charge in [0.15, 0.2) is 5.15 Å². The number of aromatic amines is 1. The summed E-state index contributed by atoms with van der Waals surface area (Å²) in [6.07, 6.45) is 1.48. The minimum absolute atomic E-state index is 0.110. The largest absolute Gasteiger partial charge is 0.444 e. The van der Waals surface area contributed by atoms with Crippen molar-refractivity contribution in [3.63, 3.8) is 0 Å². The topological polar surface area (TPSA) is 84.0 Å². The summed E-state index contributed by atoms with van der Waals surface area (Å²) in [5.74, 6) is 0.776. The molecular weight excluding hydrogens is 378 g/mol. The zero-order valence-electron chi connectivity index (χ0n) is 16.1. The molecule has 0 spiro atoms. The van der Waals surface area contributed by atoms with Crippen molar-refractivity contribution in [3.05, 3.63) is 41.3 Å². The summed E-state index contributed by atoms with van der Waals surface area (Å²) >= 11 is 5.82. The highest BCUT2D eigenvalue weighted by atomic mass is 35.5. The summed E-state index contributed by atoms with van der Waals surface area (Å²) in [7, 11) is 0. The molecule has 1 aliphatic heterocycles. The number of fused-ring (bicyclic) bond motifs is 1. The van der Waals surface area contributed by atoms with Gasteiger partial charge >= 0.3 is 6.09 Å². The fraction of sp³-hybridized carbons (Fsp3) is 0.400. The van der Waals surface area contributed by atoms with Crippen LogP contribution in [0.2, 0.25) is 5.15 Å². The van der Waals surface area contributed by atoms with E-state index in [2.05, 4.69) is 15.2 Å². The normalized spacial score (nSPS) is 17.3. The number of hydrogen-bond acceptors (Lipinski definition) is 5. The minimum atomic E-state index is -0.521. The molecular formula is C20H22ClN5O2. The summed E-state index contributed by atoms with van der Waals surface area (Å²) in [6, 6.07) is 9.31. The van der Waals surface area contributed by atoms with Crippen LogP contribution >= 0.6 is 11.6 Å². The van der Waals surface area contributed by atoms with Gasteiger partial charge in [-0.2, -0.15) is 0 Å². The number of hydrogen-bond donors (Lipinski definition) is 1. The van der Waals surface area contributed by atoms with E-state index in [1.165, 1.54) is 0 Å². The van der Waals surface area contributed by atoms with E-state index in [4.69, 9.17) is 21.3 Å². The smallest absolute Gasteiger partial charge is 0.410 e. The maximum atomic E-state index is 12.6. The number of nitrogens with zero attached hydrogens (tertiary/aromatic N) is 4. The number of amides is 1. The lowest BCUT2D eigenvalue weighted by atomic mass is 10.1. The van der Waals surface area contributed by atoms with Crippen LogP contribution in [0, 0.1) is 0 Å². The second-order valence-corrected chi connectivity index (χ2v) is 8.31. The lowest BCUT2D eigenvalue weighted by Crippen LogP contribution is -2.36. The second-order valence-electron chi connectivity index (χ2n) is 7.93. The Balaban J connectivity index is 1.62. The van der Waals surface area contributed by atoms with Crippen LogP contribution in [0.15, 0.2) is 30.3 Å². The van der Waals surface area contributed by atoms with Crippen molar-refractivity contribution in [2.75, 3.05) is 6.54 Å². The summed E-state index contributed by atoms with van der Waals surface area (Å²) < 4.78 is 5.55. The molecule has 1 amide bonds. The monoisotopic (exact) mass is 399 g/mol. The second kappa shape index (κ2) is 7.05. The van der Waals surface area contributed by atoms with E-state index >= 15 is 0 Å². The number of likely N-dealkylation sites (tertiary alicyclic amines) is 1. The summed E-state index contributed by atoms with van der Waals surface area (Å²) in [4.78, 5) is 22.4. The van der Waals surface area contributed by atoms with Gasteiger partial charge in [0.2, 0.25) is 0 Å². The average molecular weight is 400 g/mol. The number of carbonyl (C=O) groups is 1. The number of rotatable bonds is 2. The average Bonchev–Trinajstić information content (AvgIpc) is 3.27. The molecule has 1 aliphatic rings. The van der Waals surface area contributed by atoms with Crippen LogP contribution in [0.4, 0.5) is 4.79 Å². The first kappa shape index (κ1) is 18.7. The standard InChI is InChI=1S/C20H22ClN5O2/c1-20(2,3)28-19(27)26-10-4-5-16(26)18-22-14-7-6-12(11-15(14)23-18)13-8-9-17(21)25-24-13/h6-9,11,16H,4-5,10H2,1-3H3,(H,22,23)/t16-/m0/s1. The first-order chi connectivity index (χ1) is 13.3. The van der Waals surface area contributed by atoms with E-state index in [9.17, 15) is 4.79 Å². The molecule has 1 N–H and O–H groups in total. The Hall–Kier alpha value is -2.67. The Kier molecular flexibility index (Phi) is 4.71. The summed E-state index contributed by atoms with van der Waals surface area (Å²) in [5, 5.41) is 8.37. The van der Waals surface area contributed by atoms with E-state index in [1.807, 2.05) is 45.0 Å². The van der Waals surface area contributed by atoms with E-state index < -0.39 is 5.60 Å². The van der Waals surface area contributed by atoms with Crippen molar-refractivity contribution in [1.82, 2.24) is 25.1 Å². The molecule has 3 heterocycles. The molecule has 4 rings (SSSR count). The van der Waals surface area contributed by atoms with Crippen molar-refractivity contribution in [1.29, 1.82) is 0 Å². The maximum Gasteiger partial charge on any atom is 0.410 e. The van der Waals surface area contributed by atoms with Gasteiger partial charge in [0.05, 0.1) is 22.8 Å². The lowest BCUT2D eigenvalue weighted by molar-refractivity contribution is 0.0219. The van der Waals surface area contributed by atoms with Gasteiger partial charge in [-0.05, 0) is 57.9 Å². The predicted octanol–water partition coefficient (Wildman–Crippen LogP) is 4.75. The zero-order chi connectivity index (χ0) is 19.9. The van der Waals surface area contributed by atoms with Gasteiger partial charge in [-0.15, -0.1) is 10.2 Å². The van der Waals surface area contributed by atoms with Crippen LogP contribution in [-0.2, 0) is 4.74 Å². The number of carbonyl (C=O) groups excluding carboxylic acids is 1. The Morgan fingerprint density at radius 3 is 2.79 bits per heavy atom. The number of benzene rings is 1. The number of aromatic nitrogens is 4. The number of ether oxygens (including phenoxy) is 1. The van der Waals surface area contributed by atoms with Crippen LogP contribution < -0.4 is 0 Å². The number of nitrogens with one attached hydrogen (secondary N) is 1. The van der Waals surface area contributed by atoms with Crippen molar-refractivity contribution >= 4 is 28.7 Å². The van der Waals surface area contributed by atoms with Crippen molar-refractivity contribution in [2.45, 2.75) is 45.3 Å². The number of imidazole rings is 1. The van der Waals surface area contributed by atoms with Crippen LogP contribution in [0.5, 0.6) is 0 Å². The summed E-state index contributed by atoms with van der Waals surface area (Å²) in [5.41, 5.74) is 2.85. The molecule has 1 atom stereocenters. The van der Waals surface area contributed by atoms with Crippen LogP contribution in [0.25, 0.3) is 22.3 Å². The first-order valence-electron chi connectivity index (χ1n) is 9.29. The van der Waals surface area contributed by atoms with Crippen molar-refractivity contribution in [3.8, 4) is 11.3 Å². The van der Waals surface area contributed by atoms with Gasteiger partial charge in [0.1, 0.15) is 11.4 Å². The number of H-pyrrole nitrogens is 1. The molecule has 2 aromatic heterocycles. The highest BCUT2D eigenvalue weighted by Crippen LogP contribution is 2.33. The third-order valence-electron chi connectivity index (χ3n) is 4.63. The maximum absolute atomic E-state index is 12.6. The van der Waals surface area contributed by atoms with E-state index in [-0.39, 0.29) is 12.1 Å². The predicted molar refractivity (Wildman–Crippen MR) is 107 cm³/mol. The van der Waals surface area contributed by atoms with Gasteiger partial charge in [0.25, 0.3) is 0 Å². The zero-order valence-corrected chi connectivity index (χ0v) is 16.8. The van der Waals surface area contributed by atoms with Gasteiger partial charge in [0, 0.05) is 12.1 Å². The highest BCUT2D eigenvalue weighted by Gasteiger charge is 2.34. The SMILES string of the molecule is CC(C)(C)OC(=O)N1CCC[C@H]1c1nc2cc(-c3ccc(Cl)nn3)ccc2[nH]1. The third-order valence-corrected chi connectivity index (χ3v) is 4.83. The lowest BCUT2D eigenvalue weighted by Gasteiger charge is -2.27. The van der Waals surface area contributed by atoms with Crippen molar-refractivity contribution < 1.29 is 9.53 Å². The fourth-order valence-electron chi connectivity index (χ4n) is 3.40. The minimum Gasteiger partial charge on any atom is -0.444 e. The Morgan fingerprint density at radius 2 is 2.07 bits per heavy atom. The highest BCUT2D eigenvalue weighted by molar-refractivity contribution is 6.29. The molecule has 1 saturated heterocycles. The van der Waals surface area contributed by atoms with Crippen LogP contribution in [0.3, 0.4) is 0 Å². The quantitative estimate of drug-likeness (QED) is 0.672. The van der Waals surface area contributed by atoms with Gasteiger partial charge in [-0.1, -0.05) is 17.7 Å². The molecule has 7 nitrogen and oxygen atoms in total. The van der Waals surface area contributed by atoms with Crippen LogP contribution in [0.1, 0.15) is 45.5 Å². The van der Waals surface area contributed by atoms with Gasteiger partial charge < -0.3 is 9.72 Å². The molecule has 0 bridgehead atoms. The Bertz CT molecular complexity index is 1010. The molecule has 8 heteroatoms. The molecule has 0 aliphatic carbocycles. The first-order valence-corrected chi connectivity index (χ1v) is 9.67.